The monoisotopic (exact) mass is 369 g/mol. The summed E-state index contributed by atoms with van der Waals surface area (Å²) >= 11 is 0. The molecule has 8 heteroatoms. The van der Waals surface area contributed by atoms with Gasteiger partial charge >= 0.3 is 7.75 Å². The molecule has 0 saturated heterocycles. The number of rotatable bonds is 2. The zero-order valence-electron chi connectivity index (χ0n) is 14.4. The third kappa shape index (κ3) is 2.37. The Morgan fingerprint density at radius 1 is 1.36 bits per heavy atom. The summed E-state index contributed by atoms with van der Waals surface area (Å²) in [6, 6.07) is 3.68. The van der Waals surface area contributed by atoms with E-state index in [1.165, 1.54) is 4.67 Å². The Hall–Kier alpha value is -1.11. The van der Waals surface area contributed by atoms with E-state index in [1.807, 2.05) is 13.0 Å². The quantitative estimate of drug-likeness (QED) is 0.685. The second-order valence-electron chi connectivity index (χ2n) is 7.59. The molecule has 1 spiro atoms. The van der Waals surface area contributed by atoms with Crippen LogP contribution in [0.2, 0.25) is 0 Å². The third-order valence-electron chi connectivity index (χ3n) is 6.29. The van der Waals surface area contributed by atoms with Crippen molar-refractivity contribution in [2.24, 2.45) is 0 Å². The molecule has 3 aliphatic rings. The second-order valence-corrected chi connectivity index (χ2v) is 9.19. The highest BCUT2D eigenvalue weighted by Crippen LogP contribution is 2.63. The zero-order valence-corrected chi connectivity index (χ0v) is 15.3. The number of aliphatic hydroxyl groups excluding tert-OH is 1. The Bertz CT molecular complexity index is 764. The van der Waals surface area contributed by atoms with Crippen molar-refractivity contribution in [3.63, 3.8) is 0 Å². The SMILES string of the molecule is COc1ccc2c3c1O[C@@]1(C)CC(O)CCC31CCN(P(=O)(O)O)C2. The normalized spacial score (nSPS) is 34.7. The van der Waals surface area contributed by atoms with Crippen LogP contribution in [0, 0.1) is 0 Å². The van der Waals surface area contributed by atoms with E-state index in [2.05, 4.69) is 0 Å². The van der Waals surface area contributed by atoms with Crippen LogP contribution in [-0.4, -0.2) is 44.9 Å². The summed E-state index contributed by atoms with van der Waals surface area (Å²) in [5.41, 5.74) is 0.908. The molecule has 3 atom stereocenters. The zero-order chi connectivity index (χ0) is 18.0. The van der Waals surface area contributed by atoms with Gasteiger partial charge in [0.05, 0.1) is 13.2 Å². The maximum atomic E-state index is 11.9. The van der Waals surface area contributed by atoms with Crippen molar-refractivity contribution in [3.8, 4) is 11.5 Å². The largest absolute Gasteiger partial charge is 0.493 e. The van der Waals surface area contributed by atoms with Crippen molar-refractivity contribution < 1.29 is 28.9 Å². The van der Waals surface area contributed by atoms with E-state index >= 15 is 0 Å². The van der Waals surface area contributed by atoms with Crippen LogP contribution in [0.1, 0.15) is 43.7 Å². The predicted molar refractivity (Wildman–Crippen MR) is 90.6 cm³/mol. The van der Waals surface area contributed by atoms with Crippen LogP contribution in [0.5, 0.6) is 11.5 Å². The van der Waals surface area contributed by atoms with Crippen molar-refractivity contribution in [2.75, 3.05) is 13.7 Å². The first-order valence-corrected chi connectivity index (χ1v) is 10.2. The lowest BCUT2D eigenvalue weighted by Crippen LogP contribution is -2.55. The first-order valence-electron chi connectivity index (χ1n) is 8.59. The van der Waals surface area contributed by atoms with Gasteiger partial charge in [-0.25, -0.2) is 9.24 Å². The van der Waals surface area contributed by atoms with Gasteiger partial charge in [0, 0.05) is 30.5 Å². The minimum Gasteiger partial charge on any atom is -0.493 e. The highest BCUT2D eigenvalue weighted by Gasteiger charge is 2.62. The number of nitrogens with zero attached hydrogens (tertiary/aromatic N) is 1. The molecule has 1 aromatic rings. The number of ether oxygens (including phenoxy) is 2. The van der Waals surface area contributed by atoms with Crippen LogP contribution in [0.15, 0.2) is 12.1 Å². The van der Waals surface area contributed by atoms with Gasteiger partial charge in [-0.05, 0) is 37.8 Å². The highest BCUT2D eigenvalue weighted by molar-refractivity contribution is 7.49. The molecule has 1 aliphatic carbocycles. The summed E-state index contributed by atoms with van der Waals surface area (Å²) in [5.74, 6) is 1.30. The molecular formula is C17H24NO6P. The molecule has 25 heavy (non-hydrogen) atoms. The summed E-state index contributed by atoms with van der Waals surface area (Å²) in [6.45, 7) is 2.47. The van der Waals surface area contributed by atoms with Crippen LogP contribution < -0.4 is 9.47 Å². The lowest BCUT2D eigenvalue weighted by molar-refractivity contribution is -0.0571. The van der Waals surface area contributed by atoms with Crippen molar-refractivity contribution in [2.45, 2.75) is 56.3 Å². The maximum absolute atomic E-state index is 11.9. The van der Waals surface area contributed by atoms with Gasteiger partial charge in [-0.3, -0.25) is 0 Å². The molecular weight excluding hydrogens is 345 g/mol. The Labute approximate surface area is 146 Å². The molecule has 0 aromatic heterocycles. The van der Waals surface area contributed by atoms with Crippen LogP contribution >= 0.6 is 7.75 Å². The van der Waals surface area contributed by atoms with Gasteiger partial charge in [-0.15, -0.1) is 0 Å². The molecule has 138 valence electrons. The van der Waals surface area contributed by atoms with Gasteiger partial charge in [-0.2, -0.15) is 0 Å². The first kappa shape index (κ1) is 17.3. The fraction of sp³-hybridized carbons (Fsp3) is 0.647. The average molecular weight is 369 g/mol. The number of aliphatic hydroxyl groups is 1. The minimum atomic E-state index is -4.33. The molecule has 1 fully saturated rings. The summed E-state index contributed by atoms with van der Waals surface area (Å²) < 4.78 is 25.0. The van der Waals surface area contributed by atoms with E-state index in [0.717, 1.165) is 17.5 Å². The molecule has 2 aliphatic heterocycles. The fourth-order valence-corrected chi connectivity index (χ4v) is 5.73. The van der Waals surface area contributed by atoms with Crippen molar-refractivity contribution in [3.05, 3.63) is 23.3 Å². The van der Waals surface area contributed by atoms with E-state index in [0.29, 0.717) is 30.8 Å². The smallest absolute Gasteiger partial charge is 0.403 e. The Morgan fingerprint density at radius 2 is 2.12 bits per heavy atom. The first-order chi connectivity index (χ1) is 11.7. The van der Waals surface area contributed by atoms with Gasteiger partial charge in [0.25, 0.3) is 0 Å². The topological polar surface area (TPSA) is 99.5 Å². The van der Waals surface area contributed by atoms with E-state index in [-0.39, 0.29) is 18.5 Å². The molecule has 1 saturated carbocycles. The second kappa shape index (κ2) is 5.44. The number of hydrogen-bond acceptors (Lipinski definition) is 4. The molecule has 2 heterocycles. The molecule has 0 bridgehead atoms. The van der Waals surface area contributed by atoms with Crippen LogP contribution in [-0.2, 0) is 16.5 Å². The van der Waals surface area contributed by atoms with Crippen molar-refractivity contribution >= 4 is 7.75 Å². The molecule has 7 nitrogen and oxygen atoms in total. The van der Waals surface area contributed by atoms with E-state index in [4.69, 9.17) is 9.47 Å². The molecule has 4 rings (SSSR count). The summed E-state index contributed by atoms with van der Waals surface area (Å²) in [5, 5.41) is 10.2. The summed E-state index contributed by atoms with van der Waals surface area (Å²) in [6.07, 6.45) is 2.03. The maximum Gasteiger partial charge on any atom is 0.403 e. The molecule has 0 radical (unpaired) electrons. The van der Waals surface area contributed by atoms with Gasteiger partial charge in [0.2, 0.25) is 0 Å². The summed E-state index contributed by atoms with van der Waals surface area (Å²) in [4.78, 5) is 19.4. The lowest BCUT2D eigenvalue weighted by Gasteiger charge is -2.47. The Morgan fingerprint density at radius 3 is 2.80 bits per heavy atom. The summed E-state index contributed by atoms with van der Waals surface area (Å²) in [7, 11) is -2.74. The molecule has 3 N–H and O–H groups in total. The van der Waals surface area contributed by atoms with Gasteiger partial charge in [0.15, 0.2) is 11.5 Å². The van der Waals surface area contributed by atoms with Crippen LogP contribution in [0.25, 0.3) is 0 Å². The number of methoxy groups -OCH3 is 1. The molecule has 0 amide bonds. The molecule has 1 aromatic carbocycles. The predicted octanol–water partition coefficient (Wildman–Crippen LogP) is 1.93. The van der Waals surface area contributed by atoms with Crippen molar-refractivity contribution in [1.82, 2.24) is 4.67 Å². The standard InChI is InChI=1S/C17H24NO6P/c1-16-9-12(19)5-6-17(16)7-8-18(25(20,21)22)10-11-3-4-13(23-2)15(24-16)14(11)17/h3-4,12,19H,5-10H2,1-2H3,(H2,20,21,22)/t12?,16-,17?/m0/s1. The minimum absolute atomic E-state index is 0.181. The van der Waals surface area contributed by atoms with Gasteiger partial charge in [-0.1, -0.05) is 6.07 Å². The Balaban J connectivity index is 1.92. The van der Waals surface area contributed by atoms with Gasteiger partial charge < -0.3 is 24.4 Å². The van der Waals surface area contributed by atoms with Crippen molar-refractivity contribution in [1.29, 1.82) is 0 Å². The van der Waals surface area contributed by atoms with E-state index in [1.54, 1.807) is 13.2 Å². The average Bonchev–Trinajstić information content (AvgIpc) is 2.67. The fourth-order valence-electron chi connectivity index (χ4n) is 5.03. The number of benzene rings is 1. The lowest BCUT2D eigenvalue weighted by atomic mass is 9.59. The highest BCUT2D eigenvalue weighted by atomic mass is 31.2. The van der Waals surface area contributed by atoms with E-state index in [9.17, 15) is 19.5 Å². The van der Waals surface area contributed by atoms with Gasteiger partial charge in [0.1, 0.15) is 5.60 Å². The molecule has 2 unspecified atom stereocenters. The Kier molecular flexibility index (Phi) is 3.77. The van der Waals surface area contributed by atoms with E-state index < -0.39 is 19.5 Å². The van der Waals surface area contributed by atoms with Crippen LogP contribution in [0.3, 0.4) is 0 Å². The number of hydrogen-bond donors (Lipinski definition) is 3. The third-order valence-corrected chi connectivity index (χ3v) is 7.37. The van der Waals surface area contributed by atoms with Crippen LogP contribution in [0.4, 0.5) is 0 Å².